The topological polar surface area (TPSA) is 37.3 Å². The highest BCUT2D eigenvalue weighted by Crippen LogP contribution is 2.35. The van der Waals surface area contributed by atoms with Crippen molar-refractivity contribution in [3.8, 4) is 11.1 Å². The second-order valence-corrected chi connectivity index (χ2v) is 6.77. The molecular formula is C20H18Cl2O2. The third-order valence-corrected chi connectivity index (χ3v) is 5.14. The van der Waals surface area contributed by atoms with Gasteiger partial charge in [-0.05, 0) is 53.3 Å². The van der Waals surface area contributed by atoms with Crippen molar-refractivity contribution in [2.75, 3.05) is 0 Å². The van der Waals surface area contributed by atoms with E-state index in [9.17, 15) is 9.90 Å². The van der Waals surface area contributed by atoms with Gasteiger partial charge >= 0.3 is 0 Å². The summed E-state index contributed by atoms with van der Waals surface area (Å²) >= 11 is 12.1. The number of aliphatic hydroxyl groups is 1. The van der Waals surface area contributed by atoms with E-state index in [1.165, 1.54) is 0 Å². The van der Waals surface area contributed by atoms with E-state index in [0.717, 1.165) is 28.7 Å². The zero-order valence-corrected chi connectivity index (χ0v) is 14.9. The van der Waals surface area contributed by atoms with Crippen molar-refractivity contribution in [2.24, 2.45) is 0 Å². The predicted molar refractivity (Wildman–Crippen MR) is 99.7 cm³/mol. The Labute approximate surface area is 151 Å². The molecule has 124 valence electrons. The van der Waals surface area contributed by atoms with Gasteiger partial charge in [0.25, 0.3) is 0 Å². The standard InChI is InChI=1S/C20H18Cl2O2/c1-2-12-6-7-13(14-8-9-16(21)17(22)11-14)10-15(12)20-18(23)4-3-5-19(20)24/h6-11,23H,2-5H2,1H3. The average Bonchev–Trinajstić information content (AvgIpc) is 2.57. The van der Waals surface area contributed by atoms with Crippen molar-refractivity contribution < 1.29 is 9.90 Å². The molecule has 0 bridgehead atoms. The van der Waals surface area contributed by atoms with Gasteiger partial charge < -0.3 is 5.11 Å². The maximum Gasteiger partial charge on any atom is 0.166 e. The number of aliphatic hydroxyl groups excluding tert-OH is 1. The molecule has 0 heterocycles. The minimum Gasteiger partial charge on any atom is -0.512 e. The quantitative estimate of drug-likeness (QED) is 0.702. The highest BCUT2D eigenvalue weighted by Gasteiger charge is 2.24. The first kappa shape index (κ1) is 17.1. The molecule has 0 spiro atoms. The zero-order chi connectivity index (χ0) is 17.3. The minimum atomic E-state index is 0.0136. The number of Topliss-reactive ketones (excluding diaryl/α,β-unsaturated/α-hetero) is 1. The van der Waals surface area contributed by atoms with Crippen LogP contribution in [0.15, 0.2) is 42.2 Å². The molecule has 1 N–H and O–H groups in total. The summed E-state index contributed by atoms with van der Waals surface area (Å²) in [5, 5.41) is 11.3. The van der Waals surface area contributed by atoms with Crippen LogP contribution in [-0.4, -0.2) is 10.9 Å². The predicted octanol–water partition coefficient (Wildman–Crippen LogP) is 6.24. The van der Waals surface area contributed by atoms with Crippen molar-refractivity contribution in [3.05, 3.63) is 63.3 Å². The van der Waals surface area contributed by atoms with Crippen LogP contribution in [0.25, 0.3) is 16.7 Å². The Morgan fingerprint density at radius 3 is 2.38 bits per heavy atom. The lowest BCUT2D eigenvalue weighted by Gasteiger charge is -2.19. The van der Waals surface area contributed by atoms with Gasteiger partial charge in [-0.15, -0.1) is 0 Å². The summed E-state index contributed by atoms with van der Waals surface area (Å²) in [6, 6.07) is 11.5. The first-order valence-electron chi connectivity index (χ1n) is 8.05. The highest BCUT2D eigenvalue weighted by molar-refractivity contribution is 6.42. The smallest absolute Gasteiger partial charge is 0.166 e. The van der Waals surface area contributed by atoms with Gasteiger partial charge in [0.2, 0.25) is 0 Å². The van der Waals surface area contributed by atoms with E-state index >= 15 is 0 Å². The molecule has 0 unspecified atom stereocenters. The molecule has 0 atom stereocenters. The largest absolute Gasteiger partial charge is 0.512 e. The summed E-state index contributed by atoms with van der Waals surface area (Å²) in [5.74, 6) is 0.215. The minimum absolute atomic E-state index is 0.0136. The normalized spacial score (nSPS) is 15.0. The van der Waals surface area contributed by atoms with Gasteiger partial charge in [-0.1, -0.05) is 48.3 Å². The number of carbonyl (C=O) groups is 1. The van der Waals surface area contributed by atoms with E-state index in [1.54, 1.807) is 6.07 Å². The number of hydrogen-bond acceptors (Lipinski definition) is 2. The molecule has 0 amide bonds. The van der Waals surface area contributed by atoms with Crippen LogP contribution in [0.2, 0.25) is 10.0 Å². The molecule has 0 aromatic heterocycles. The van der Waals surface area contributed by atoms with Gasteiger partial charge in [-0.25, -0.2) is 0 Å². The fraction of sp³-hybridized carbons (Fsp3) is 0.250. The van der Waals surface area contributed by atoms with Crippen LogP contribution in [0.5, 0.6) is 0 Å². The van der Waals surface area contributed by atoms with Gasteiger partial charge in [-0.2, -0.15) is 0 Å². The van der Waals surface area contributed by atoms with Gasteiger partial charge in [0, 0.05) is 12.8 Å². The SMILES string of the molecule is CCc1ccc(-c2ccc(Cl)c(Cl)c2)cc1C1=C(O)CCCC1=O. The van der Waals surface area contributed by atoms with E-state index in [-0.39, 0.29) is 11.5 Å². The summed E-state index contributed by atoms with van der Waals surface area (Å²) in [4.78, 5) is 12.4. The molecule has 2 aromatic carbocycles. The molecule has 0 radical (unpaired) electrons. The second-order valence-electron chi connectivity index (χ2n) is 5.95. The molecule has 0 aliphatic heterocycles. The molecule has 0 saturated carbocycles. The fourth-order valence-corrected chi connectivity index (χ4v) is 3.40. The number of rotatable bonds is 3. The molecule has 2 nitrogen and oxygen atoms in total. The molecule has 3 rings (SSSR count). The molecule has 4 heteroatoms. The first-order chi connectivity index (χ1) is 11.5. The Kier molecular flexibility index (Phi) is 4.98. The summed E-state index contributed by atoms with van der Waals surface area (Å²) in [6.45, 7) is 2.04. The first-order valence-corrected chi connectivity index (χ1v) is 8.81. The molecule has 2 aromatic rings. The monoisotopic (exact) mass is 360 g/mol. The van der Waals surface area contributed by atoms with Crippen LogP contribution in [0.4, 0.5) is 0 Å². The molecule has 0 saturated heterocycles. The summed E-state index contributed by atoms with van der Waals surface area (Å²) in [5.41, 5.74) is 4.22. The zero-order valence-electron chi connectivity index (χ0n) is 13.4. The van der Waals surface area contributed by atoms with Crippen molar-refractivity contribution in [3.63, 3.8) is 0 Å². The fourth-order valence-electron chi connectivity index (χ4n) is 3.11. The maximum atomic E-state index is 12.4. The van der Waals surface area contributed by atoms with Crippen molar-refractivity contribution in [2.45, 2.75) is 32.6 Å². The molecule has 1 aliphatic rings. The number of benzene rings is 2. The Balaban J connectivity index is 2.15. The number of allylic oxidation sites excluding steroid dienone is 2. The number of hydrogen-bond donors (Lipinski definition) is 1. The summed E-state index contributed by atoms with van der Waals surface area (Å²) < 4.78 is 0. The van der Waals surface area contributed by atoms with Crippen molar-refractivity contribution >= 4 is 34.6 Å². The lowest BCUT2D eigenvalue weighted by Crippen LogP contribution is -2.12. The van der Waals surface area contributed by atoms with Crippen molar-refractivity contribution in [1.82, 2.24) is 0 Å². The lowest BCUT2D eigenvalue weighted by molar-refractivity contribution is -0.114. The second kappa shape index (κ2) is 7.00. The van der Waals surface area contributed by atoms with E-state index in [0.29, 0.717) is 34.9 Å². The average molecular weight is 361 g/mol. The molecular weight excluding hydrogens is 343 g/mol. The van der Waals surface area contributed by atoms with Gasteiger partial charge in [0.15, 0.2) is 5.78 Å². The third-order valence-electron chi connectivity index (χ3n) is 4.40. The number of ketones is 1. The Morgan fingerprint density at radius 2 is 1.71 bits per heavy atom. The van der Waals surface area contributed by atoms with Crippen LogP contribution >= 0.6 is 23.2 Å². The number of aryl methyl sites for hydroxylation is 1. The van der Waals surface area contributed by atoms with E-state index < -0.39 is 0 Å². The van der Waals surface area contributed by atoms with Crippen molar-refractivity contribution in [1.29, 1.82) is 0 Å². The maximum absolute atomic E-state index is 12.4. The van der Waals surface area contributed by atoms with E-state index in [1.807, 2.05) is 37.3 Å². The van der Waals surface area contributed by atoms with Gasteiger partial charge in [0.05, 0.1) is 15.6 Å². The van der Waals surface area contributed by atoms with Crippen LogP contribution in [0, 0.1) is 0 Å². The highest BCUT2D eigenvalue weighted by atomic mass is 35.5. The Morgan fingerprint density at radius 1 is 1.00 bits per heavy atom. The summed E-state index contributed by atoms with van der Waals surface area (Å²) in [7, 11) is 0. The van der Waals surface area contributed by atoms with Gasteiger partial charge in [0.1, 0.15) is 5.76 Å². The lowest BCUT2D eigenvalue weighted by atomic mass is 9.86. The molecule has 1 aliphatic carbocycles. The number of halogens is 2. The van der Waals surface area contributed by atoms with E-state index in [2.05, 4.69) is 0 Å². The summed E-state index contributed by atoms with van der Waals surface area (Å²) in [6.07, 6.45) is 2.55. The van der Waals surface area contributed by atoms with Gasteiger partial charge in [-0.3, -0.25) is 4.79 Å². The Hall–Kier alpha value is -1.77. The van der Waals surface area contributed by atoms with Crippen LogP contribution in [0.3, 0.4) is 0 Å². The van der Waals surface area contributed by atoms with Crippen LogP contribution < -0.4 is 0 Å². The number of carbonyl (C=O) groups excluding carboxylic acids is 1. The Bertz CT molecular complexity index is 838. The third kappa shape index (κ3) is 3.22. The van der Waals surface area contributed by atoms with Crippen LogP contribution in [-0.2, 0) is 11.2 Å². The molecule has 0 fully saturated rings. The molecule has 24 heavy (non-hydrogen) atoms. The van der Waals surface area contributed by atoms with Crippen LogP contribution in [0.1, 0.15) is 37.3 Å². The van der Waals surface area contributed by atoms with E-state index in [4.69, 9.17) is 23.2 Å².